The number of fused-ring (bicyclic) bond motifs is 2. The summed E-state index contributed by atoms with van der Waals surface area (Å²) in [5.41, 5.74) is 13.6. The highest BCUT2D eigenvalue weighted by Crippen LogP contribution is 2.33. The van der Waals surface area contributed by atoms with Crippen molar-refractivity contribution < 1.29 is 39.0 Å². The van der Waals surface area contributed by atoms with Gasteiger partial charge >= 0.3 is 0 Å². The molecule has 0 aliphatic carbocycles. The van der Waals surface area contributed by atoms with Crippen LogP contribution in [0.25, 0.3) is 11.4 Å². The molecule has 0 spiro atoms. The summed E-state index contributed by atoms with van der Waals surface area (Å²) >= 11 is 0. The normalized spacial score (nSPS) is 16.0. The lowest BCUT2D eigenvalue weighted by molar-refractivity contribution is -0.120. The van der Waals surface area contributed by atoms with Crippen molar-refractivity contribution in [2.45, 2.75) is 71.5 Å². The van der Waals surface area contributed by atoms with Gasteiger partial charge in [-0.1, -0.05) is 24.3 Å². The number of amides is 5. The van der Waals surface area contributed by atoms with Gasteiger partial charge in [-0.15, -0.1) is 0 Å². The molecule has 4 aliphatic rings. The molecular weight excluding hydrogens is 867 g/mol. The largest absolute Gasteiger partial charge is 0.392 e. The summed E-state index contributed by atoms with van der Waals surface area (Å²) in [4.78, 5) is 83.0. The van der Waals surface area contributed by atoms with E-state index in [0.29, 0.717) is 97.1 Å². The van der Waals surface area contributed by atoms with Gasteiger partial charge in [0.05, 0.1) is 24.6 Å². The summed E-state index contributed by atoms with van der Waals surface area (Å²) < 4.78 is 2.98. The third-order valence-corrected chi connectivity index (χ3v) is 12.9. The van der Waals surface area contributed by atoms with Crippen LogP contribution in [-0.2, 0) is 35.6 Å². The third kappa shape index (κ3) is 8.68. The molecule has 5 amide bonds. The van der Waals surface area contributed by atoms with E-state index in [0.717, 1.165) is 53.9 Å². The van der Waals surface area contributed by atoms with Crippen molar-refractivity contribution in [3.8, 4) is 11.4 Å². The number of carbonyl (C=O) groups is 6. The minimum Gasteiger partial charge on any atom is -0.392 e. The number of aromatic nitrogens is 4. The van der Waals surface area contributed by atoms with E-state index in [-0.39, 0.29) is 48.3 Å². The monoisotopic (exact) mass is 917 g/mol. The molecule has 17 nitrogen and oxygen atoms in total. The number of hydrogen-bond donors (Lipinski definition) is 3. The molecule has 4 aromatic carbocycles. The Bertz CT molecular complexity index is 2720. The highest BCUT2D eigenvalue weighted by atomic mass is 16.3. The Morgan fingerprint density at radius 1 is 0.485 bits per heavy atom. The molecule has 348 valence electrons. The molecule has 0 saturated carbocycles. The van der Waals surface area contributed by atoms with Gasteiger partial charge in [-0.25, -0.2) is 9.36 Å². The van der Waals surface area contributed by atoms with Crippen LogP contribution in [0.2, 0.25) is 0 Å². The van der Waals surface area contributed by atoms with Gasteiger partial charge in [-0.05, 0) is 122 Å². The molecule has 0 atom stereocenters. The second-order valence-electron chi connectivity index (χ2n) is 17.2. The third-order valence-electron chi connectivity index (χ3n) is 12.9. The van der Waals surface area contributed by atoms with Gasteiger partial charge in [0.25, 0.3) is 17.7 Å². The van der Waals surface area contributed by atoms with E-state index in [1.807, 2.05) is 48.5 Å². The number of primary amides is 1. The van der Waals surface area contributed by atoms with Gasteiger partial charge in [0, 0.05) is 79.8 Å². The Kier molecular flexibility index (Phi) is 12.8. The van der Waals surface area contributed by atoms with Gasteiger partial charge in [-0.2, -0.15) is 10.2 Å². The number of carbonyl (C=O) groups excluding carboxylic acids is 6. The number of benzene rings is 4. The van der Waals surface area contributed by atoms with E-state index < -0.39 is 5.91 Å². The van der Waals surface area contributed by atoms with Crippen molar-refractivity contribution in [1.29, 1.82) is 0 Å². The number of aliphatic hydroxyl groups excluding tert-OH is 2. The van der Waals surface area contributed by atoms with Crippen LogP contribution in [0, 0.1) is 0 Å². The maximum atomic E-state index is 13.7. The Hall–Kier alpha value is -7.76. The highest BCUT2D eigenvalue weighted by Gasteiger charge is 2.36. The predicted octanol–water partition coefficient (Wildman–Crippen LogP) is 5.47. The molecule has 2 aromatic heterocycles. The second-order valence-corrected chi connectivity index (χ2v) is 17.2. The standard InChI is InChI=1S/C26H26N4O4.C25H25N5O4/c1-17(32)24-22-13-15-29(20-11-9-19(10-12-20)28-14-3-2-4-23(28)33)26(34)25(22)30(27-24)21-7-5-18(16-31)6-8-21;26-24(33)22-20-12-14-29(18-10-8-17(9-11-18)28-13-2-1-3-21(28)32)25(34)23(20)30(27-22)19-6-4-16(15-31)5-7-19/h5-12,31H,2-4,13-16H2,1H3;4-11,31H,1-3,12-15H2,(H2,26,33). The summed E-state index contributed by atoms with van der Waals surface area (Å²) in [5.74, 6) is -1.13. The van der Waals surface area contributed by atoms with E-state index in [4.69, 9.17) is 5.73 Å². The molecule has 0 bridgehead atoms. The molecular formula is C51H51N9O8. The second kappa shape index (κ2) is 19.2. The molecule has 6 heterocycles. The van der Waals surface area contributed by atoms with Gasteiger partial charge in [0.15, 0.2) is 11.5 Å². The van der Waals surface area contributed by atoms with Crippen molar-refractivity contribution in [2.75, 3.05) is 45.8 Å². The first-order chi connectivity index (χ1) is 32.9. The van der Waals surface area contributed by atoms with Crippen LogP contribution in [0.5, 0.6) is 0 Å². The SMILES string of the molecule is CC(=O)c1nn(-c2ccc(CO)cc2)c2c1CCN(c1ccc(N3CCCCC3=O)cc1)C2=O.NC(=O)c1nn(-c2ccc(CO)cc2)c2c1CCN(c1ccc(N3CCCCC3=O)cc1)C2=O. The molecule has 68 heavy (non-hydrogen) atoms. The minimum absolute atomic E-state index is 0.0814. The molecule has 17 heteroatoms. The fourth-order valence-corrected chi connectivity index (χ4v) is 9.33. The molecule has 2 saturated heterocycles. The van der Waals surface area contributed by atoms with E-state index in [1.54, 1.807) is 68.1 Å². The fourth-order valence-electron chi connectivity index (χ4n) is 9.33. The van der Waals surface area contributed by atoms with Crippen LogP contribution >= 0.6 is 0 Å². The quantitative estimate of drug-likeness (QED) is 0.147. The lowest BCUT2D eigenvalue weighted by Crippen LogP contribution is -2.39. The van der Waals surface area contributed by atoms with Crippen LogP contribution in [0.1, 0.15) is 110 Å². The summed E-state index contributed by atoms with van der Waals surface area (Å²) in [7, 11) is 0. The molecule has 0 unspecified atom stereocenters. The first-order valence-corrected chi connectivity index (χ1v) is 22.8. The zero-order valence-corrected chi connectivity index (χ0v) is 37.6. The van der Waals surface area contributed by atoms with E-state index in [9.17, 15) is 39.0 Å². The van der Waals surface area contributed by atoms with E-state index in [2.05, 4.69) is 10.2 Å². The van der Waals surface area contributed by atoms with Crippen LogP contribution < -0.4 is 25.3 Å². The zero-order valence-electron chi connectivity index (χ0n) is 37.6. The number of nitrogens with two attached hydrogens (primary N) is 1. The molecule has 10 rings (SSSR count). The number of hydrogen-bond acceptors (Lipinski definition) is 10. The number of nitrogens with zero attached hydrogens (tertiary/aromatic N) is 8. The lowest BCUT2D eigenvalue weighted by Gasteiger charge is -2.29. The Labute approximate surface area is 392 Å². The Morgan fingerprint density at radius 2 is 0.838 bits per heavy atom. The molecule has 4 N–H and O–H groups in total. The maximum Gasteiger partial charge on any atom is 0.277 e. The van der Waals surface area contributed by atoms with Gasteiger partial charge in [0.2, 0.25) is 11.8 Å². The summed E-state index contributed by atoms with van der Waals surface area (Å²) in [6.45, 7) is 3.50. The first-order valence-electron chi connectivity index (χ1n) is 22.8. The minimum atomic E-state index is -0.682. The Balaban J connectivity index is 0.000000170. The predicted molar refractivity (Wildman–Crippen MR) is 254 cm³/mol. The van der Waals surface area contributed by atoms with Crippen molar-refractivity contribution in [3.63, 3.8) is 0 Å². The van der Waals surface area contributed by atoms with Crippen LogP contribution in [0.15, 0.2) is 97.1 Å². The molecule has 2 fully saturated rings. The van der Waals surface area contributed by atoms with Crippen molar-refractivity contribution in [1.82, 2.24) is 19.6 Å². The average Bonchev–Trinajstić information content (AvgIpc) is 3.97. The molecule has 4 aliphatic heterocycles. The fraction of sp³-hybridized carbons (Fsp3) is 0.294. The average molecular weight is 918 g/mol. The van der Waals surface area contributed by atoms with Crippen LogP contribution in [-0.4, -0.2) is 91.3 Å². The lowest BCUT2D eigenvalue weighted by atomic mass is 10.0. The molecule has 6 aromatic rings. The number of Topliss-reactive ketones (excluding diaryl/α,β-unsaturated/α-hetero) is 1. The van der Waals surface area contributed by atoms with Gasteiger partial charge in [0.1, 0.15) is 17.1 Å². The first kappa shape index (κ1) is 45.4. The van der Waals surface area contributed by atoms with E-state index >= 15 is 0 Å². The molecule has 0 radical (unpaired) electrons. The number of rotatable bonds is 10. The smallest absolute Gasteiger partial charge is 0.277 e. The van der Waals surface area contributed by atoms with E-state index in [1.165, 1.54) is 16.3 Å². The number of anilines is 4. The van der Waals surface area contributed by atoms with Gasteiger partial charge in [-0.3, -0.25) is 28.8 Å². The van der Waals surface area contributed by atoms with Crippen molar-refractivity contribution in [2.24, 2.45) is 5.73 Å². The zero-order chi connectivity index (χ0) is 47.6. The number of ketones is 1. The number of piperidine rings is 2. The number of aliphatic hydroxyl groups is 2. The van der Waals surface area contributed by atoms with Crippen LogP contribution in [0.3, 0.4) is 0 Å². The maximum absolute atomic E-state index is 13.7. The highest BCUT2D eigenvalue weighted by molar-refractivity contribution is 6.11. The van der Waals surface area contributed by atoms with Crippen molar-refractivity contribution >= 4 is 58.1 Å². The summed E-state index contributed by atoms with van der Waals surface area (Å²) in [5, 5.41) is 27.5. The Morgan fingerprint density at radius 3 is 1.19 bits per heavy atom. The van der Waals surface area contributed by atoms with Crippen LogP contribution in [0.4, 0.5) is 22.7 Å². The topological polar surface area (TPSA) is 218 Å². The summed E-state index contributed by atoms with van der Waals surface area (Å²) in [6.07, 6.45) is 5.88. The van der Waals surface area contributed by atoms with Crippen molar-refractivity contribution in [3.05, 3.63) is 142 Å². The van der Waals surface area contributed by atoms with Gasteiger partial charge < -0.3 is 35.5 Å². The summed E-state index contributed by atoms with van der Waals surface area (Å²) in [6, 6.07) is 28.9.